The molecule has 4 heteroatoms. The lowest BCUT2D eigenvalue weighted by Crippen LogP contribution is -2.37. The molecule has 1 atom stereocenters. The molecule has 0 radical (unpaired) electrons. The summed E-state index contributed by atoms with van der Waals surface area (Å²) in [4.78, 5) is 16.0. The lowest BCUT2D eigenvalue weighted by atomic mass is 9.90. The molecule has 0 aromatic heterocycles. The van der Waals surface area contributed by atoms with Crippen molar-refractivity contribution in [2.45, 2.75) is 25.8 Å². The van der Waals surface area contributed by atoms with Gasteiger partial charge in [-0.1, -0.05) is 6.07 Å². The van der Waals surface area contributed by atoms with E-state index in [1.165, 1.54) is 25.9 Å². The lowest BCUT2D eigenvalue weighted by molar-refractivity contribution is 0.0827. The van der Waals surface area contributed by atoms with E-state index in [9.17, 15) is 4.79 Å². The van der Waals surface area contributed by atoms with Crippen LogP contribution in [0.5, 0.6) is 0 Å². The molecule has 1 amide bonds. The summed E-state index contributed by atoms with van der Waals surface area (Å²) in [5.41, 5.74) is 1.77. The fourth-order valence-electron chi connectivity index (χ4n) is 2.91. The molecule has 0 saturated carbocycles. The number of carbonyl (C=O) groups excluding carboxylic acids is 1. The fourth-order valence-corrected chi connectivity index (χ4v) is 2.91. The van der Waals surface area contributed by atoms with E-state index in [4.69, 9.17) is 0 Å². The summed E-state index contributed by atoms with van der Waals surface area (Å²) in [6.07, 6.45) is 2.47. The standard InChI is InChI=1S/C17H27N3O/c1-13(14-8-10-20(4)11-9-14)18-16-7-5-6-15(12-16)17(21)19(2)3/h5-7,12-14,18H,8-11H2,1-4H3. The molecule has 1 unspecified atom stereocenters. The van der Waals surface area contributed by atoms with Gasteiger partial charge in [-0.15, -0.1) is 0 Å². The smallest absolute Gasteiger partial charge is 0.253 e. The largest absolute Gasteiger partial charge is 0.382 e. The number of hydrogen-bond acceptors (Lipinski definition) is 3. The summed E-state index contributed by atoms with van der Waals surface area (Å²) in [7, 11) is 5.75. The number of rotatable bonds is 4. The second-order valence-electron chi connectivity index (χ2n) is 6.35. The number of hydrogen-bond donors (Lipinski definition) is 1. The minimum Gasteiger partial charge on any atom is -0.382 e. The molecule has 116 valence electrons. The van der Waals surface area contributed by atoms with Crippen molar-refractivity contribution in [3.8, 4) is 0 Å². The molecule has 0 bridgehead atoms. The van der Waals surface area contributed by atoms with Crippen molar-refractivity contribution in [2.75, 3.05) is 39.5 Å². The van der Waals surface area contributed by atoms with Gasteiger partial charge < -0.3 is 15.1 Å². The molecule has 0 aliphatic carbocycles. The van der Waals surface area contributed by atoms with E-state index < -0.39 is 0 Å². The second-order valence-corrected chi connectivity index (χ2v) is 6.35. The van der Waals surface area contributed by atoms with Gasteiger partial charge in [0.25, 0.3) is 5.91 Å². The SMILES string of the molecule is CC(Nc1cccc(C(=O)N(C)C)c1)C1CCN(C)CC1. The number of piperidine rings is 1. The van der Waals surface area contributed by atoms with Crippen LogP contribution < -0.4 is 5.32 Å². The zero-order chi connectivity index (χ0) is 15.4. The van der Waals surface area contributed by atoms with Crippen molar-refractivity contribution in [1.82, 2.24) is 9.80 Å². The molecule has 1 N–H and O–H groups in total. The molecule has 2 rings (SSSR count). The van der Waals surface area contributed by atoms with Crippen LogP contribution in [-0.2, 0) is 0 Å². The lowest BCUT2D eigenvalue weighted by Gasteiger charge is -2.33. The maximum atomic E-state index is 12.0. The molecule has 21 heavy (non-hydrogen) atoms. The Morgan fingerprint density at radius 2 is 2.00 bits per heavy atom. The second kappa shape index (κ2) is 6.94. The number of carbonyl (C=O) groups is 1. The Bertz CT molecular complexity index is 479. The van der Waals surface area contributed by atoms with E-state index in [2.05, 4.69) is 24.2 Å². The Kier molecular flexibility index (Phi) is 5.23. The van der Waals surface area contributed by atoms with Crippen LogP contribution in [0.2, 0.25) is 0 Å². The zero-order valence-corrected chi connectivity index (χ0v) is 13.6. The van der Waals surface area contributed by atoms with Crippen molar-refractivity contribution in [1.29, 1.82) is 0 Å². The first-order valence-electron chi connectivity index (χ1n) is 7.74. The first-order chi connectivity index (χ1) is 9.97. The van der Waals surface area contributed by atoms with Crippen molar-refractivity contribution in [3.05, 3.63) is 29.8 Å². The predicted molar refractivity (Wildman–Crippen MR) is 87.8 cm³/mol. The zero-order valence-electron chi connectivity index (χ0n) is 13.6. The monoisotopic (exact) mass is 289 g/mol. The Morgan fingerprint density at radius 1 is 1.33 bits per heavy atom. The van der Waals surface area contributed by atoms with Crippen molar-refractivity contribution in [2.24, 2.45) is 5.92 Å². The topological polar surface area (TPSA) is 35.6 Å². The number of nitrogens with zero attached hydrogens (tertiary/aromatic N) is 2. The summed E-state index contributed by atoms with van der Waals surface area (Å²) in [5, 5.41) is 3.57. The van der Waals surface area contributed by atoms with Crippen LogP contribution in [-0.4, -0.2) is 56.0 Å². The number of nitrogens with one attached hydrogen (secondary N) is 1. The summed E-state index contributed by atoms with van der Waals surface area (Å²) in [6.45, 7) is 4.60. The van der Waals surface area contributed by atoms with Crippen LogP contribution >= 0.6 is 0 Å². The normalized spacial score (nSPS) is 18.3. The Hall–Kier alpha value is -1.55. The van der Waals surface area contributed by atoms with Crippen LogP contribution in [0.3, 0.4) is 0 Å². The average molecular weight is 289 g/mol. The number of anilines is 1. The van der Waals surface area contributed by atoms with E-state index in [0.717, 1.165) is 11.3 Å². The van der Waals surface area contributed by atoms with E-state index >= 15 is 0 Å². The molecular formula is C17H27N3O. The van der Waals surface area contributed by atoms with E-state index in [1.54, 1.807) is 19.0 Å². The van der Waals surface area contributed by atoms with Gasteiger partial charge in [0.15, 0.2) is 0 Å². The van der Waals surface area contributed by atoms with Crippen molar-refractivity contribution >= 4 is 11.6 Å². The highest BCUT2D eigenvalue weighted by Gasteiger charge is 2.22. The van der Waals surface area contributed by atoms with Crippen LogP contribution in [0.25, 0.3) is 0 Å². The van der Waals surface area contributed by atoms with E-state index in [1.807, 2.05) is 24.3 Å². The van der Waals surface area contributed by atoms with Crippen LogP contribution in [0.15, 0.2) is 24.3 Å². The van der Waals surface area contributed by atoms with Gasteiger partial charge in [-0.25, -0.2) is 0 Å². The van der Waals surface area contributed by atoms with Gasteiger partial charge in [0.1, 0.15) is 0 Å². The highest BCUT2D eigenvalue weighted by Crippen LogP contribution is 2.23. The predicted octanol–water partition coefficient (Wildman–Crippen LogP) is 2.53. The molecular weight excluding hydrogens is 262 g/mol. The van der Waals surface area contributed by atoms with E-state index in [-0.39, 0.29) is 5.91 Å². The summed E-state index contributed by atoms with van der Waals surface area (Å²) in [6, 6.07) is 8.24. The molecule has 1 fully saturated rings. The number of amides is 1. The van der Waals surface area contributed by atoms with Crippen LogP contribution in [0.4, 0.5) is 5.69 Å². The third-order valence-electron chi connectivity index (χ3n) is 4.38. The summed E-state index contributed by atoms with van der Waals surface area (Å²) < 4.78 is 0. The van der Waals surface area contributed by atoms with Gasteiger partial charge in [0.2, 0.25) is 0 Å². The Labute approximate surface area is 128 Å². The molecule has 1 aliphatic heterocycles. The highest BCUT2D eigenvalue weighted by atomic mass is 16.2. The molecule has 1 heterocycles. The average Bonchev–Trinajstić information content (AvgIpc) is 2.47. The van der Waals surface area contributed by atoms with Gasteiger partial charge in [0, 0.05) is 31.4 Å². The summed E-state index contributed by atoms with van der Waals surface area (Å²) >= 11 is 0. The Morgan fingerprint density at radius 3 is 2.62 bits per heavy atom. The number of likely N-dealkylation sites (tertiary alicyclic amines) is 1. The quantitative estimate of drug-likeness (QED) is 0.925. The first kappa shape index (κ1) is 15.8. The molecule has 1 saturated heterocycles. The van der Waals surface area contributed by atoms with Gasteiger partial charge in [-0.3, -0.25) is 4.79 Å². The minimum atomic E-state index is 0.0468. The van der Waals surface area contributed by atoms with Gasteiger partial charge in [-0.05, 0) is 64.0 Å². The third kappa shape index (κ3) is 4.21. The van der Waals surface area contributed by atoms with Crippen LogP contribution in [0, 0.1) is 5.92 Å². The van der Waals surface area contributed by atoms with Crippen LogP contribution in [0.1, 0.15) is 30.1 Å². The minimum absolute atomic E-state index is 0.0468. The molecule has 1 aromatic carbocycles. The maximum Gasteiger partial charge on any atom is 0.253 e. The number of benzene rings is 1. The highest BCUT2D eigenvalue weighted by molar-refractivity contribution is 5.94. The van der Waals surface area contributed by atoms with Gasteiger partial charge >= 0.3 is 0 Å². The van der Waals surface area contributed by atoms with Crippen molar-refractivity contribution in [3.63, 3.8) is 0 Å². The van der Waals surface area contributed by atoms with Crippen molar-refractivity contribution < 1.29 is 4.79 Å². The Balaban J connectivity index is 1.99. The maximum absolute atomic E-state index is 12.0. The summed E-state index contributed by atoms with van der Waals surface area (Å²) in [5.74, 6) is 0.750. The molecule has 0 spiro atoms. The van der Waals surface area contributed by atoms with E-state index in [0.29, 0.717) is 12.0 Å². The molecule has 1 aromatic rings. The molecule has 1 aliphatic rings. The fraction of sp³-hybridized carbons (Fsp3) is 0.588. The molecule has 4 nitrogen and oxygen atoms in total. The van der Waals surface area contributed by atoms with Gasteiger partial charge in [0.05, 0.1) is 0 Å². The van der Waals surface area contributed by atoms with Gasteiger partial charge in [-0.2, -0.15) is 0 Å². The third-order valence-corrected chi connectivity index (χ3v) is 4.38. The first-order valence-corrected chi connectivity index (χ1v) is 7.74.